The van der Waals surface area contributed by atoms with E-state index >= 15 is 0 Å². The molecule has 1 aromatic rings. The third kappa shape index (κ3) is 5.01. The maximum absolute atomic E-state index is 6.13. The molecule has 0 radical (unpaired) electrons. The van der Waals surface area contributed by atoms with E-state index in [0.29, 0.717) is 12.6 Å². The van der Waals surface area contributed by atoms with Crippen LogP contribution in [0.2, 0.25) is 5.02 Å². The molecule has 3 nitrogen and oxygen atoms in total. The van der Waals surface area contributed by atoms with E-state index in [0.717, 1.165) is 55.0 Å². The smallest absolute Gasteiger partial charge is 0.0599 e. The summed E-state index contributed by atoms with van der Waals surface area (Å²) in [5.74, 6) is 0. The molecule has 0 aliphatic carbocycles. The summed E-state index contributed by atoms with van der Waals surface area (Å²) in [6.07, 6.45) is 3.58. The monoisotopic (exact) mass is 360 g/mol. The molecule has 0 unspecified atom stereocenters. The minimum atomic E-state index is 0.409. The van der Waals surface area contributed by atoms with Crippen LogP contribution in [0.3, 0.4) is 0 Å². The van der Waals surface area contributed by atoms with E-state index in [1.807, 2.05) is 12.1 Å². The van der Waals surface area contributed by atoms with Crippen LogP contribution in [0.1, 0.15) is 24.8 Å². The molecular weight excluding hydrogens is 340 g/mol. The average Bonchev–Trinajstić information content (AvgIpc) is 2.45. The Morgan fingerprint density at radius 2 is 2.10 bits per heavy atom. The summed E-state index contributed by atoms with van der Waals surface area (Å²) in [7, 11) is 0. The molecule has 20 heavy (non-hydrogen) atoms. The molecule has 0 aromatic heterocycles. The van der Waals surface area contributed by atoms with Gasteiger partial charge in [0.05, 0.1) is 11.1 Å². The number of ether oxygens (including phenoxy) is 1. The van der Waals surface area contributed by atoms with Crippen LogP contribution in [-0.2, 0) is 11.3 Å². The molecule has 1 heterocycles. The molecular formula is C15H22BrClN2O. The summed E-state index contributed by atoms with van der Waals surface area (Å²) in [4.78, 5) is 2.46. The highest BCUT2D eigenvalue weighted by atomic mass is 79.9. The van der Waals surface area contributed by atoms with Crippen molar-refractivity contribution in [2.24, 2.45) is 5.73 Å². The minimum absolute atomic E-state index is 0.409. The van der Waals surface area contributed by atoms with Crippen LogP contribution in [0.5, 0.6) is 0 Å². The fraction of sp³-hybridized carbons (Fsp3) is 0.600. The number of piperidine rings is 1. The van der Waals surface area contributed by atoms with Gasteiger partial charge in [-0.05, 0) is 59.4 Å². The van der Waals surface area contributed by atoms with Crippen molar-refractivity contribution in [1.29, 1.82) is 0 Å². The number of halogens is 2. The van der Waals surface area contributed by atoms with Crippen LogP contribution in [0.4, 0.5) is 0 Å². The predicted octanol–water partition coefficient (Wildman–Crippen LogP) is 3.43. The van der Waals surface area contributed by atoms with E-state index in [-0.39, 0.29) is 0 Å². The van der Waals surface area contributed by atoms with Crippen molar-refractivity contribution in [2.45, 2.75) is 31.9 Å². The first-order valence-electron chi connectivity index (χ1n) is 7.17. The first kappa shape index (κ1) is 16.2. The van der Waals surface area contributed by atoms with Crippen LogP contribution in [0.25, 0.3) is 0 Å². The lowest BCUT2D eigenvalue weighted by molar-refractivity contribution is 0.00563. The van der Waals surface area contributed by atoms with E-state index in [2.05, 4.69) is 26.9 Å². The molecule has 0 saturated carbocycles. The van der Waals surface area contributed by atoms with E-state index < -0.39 is 0 Å². The van der Waals surface area contributed by atoms with Gasteiger partial charge in [-0.25, -0.2) is 0 Å². The molecule has 0 spiro atoms. The van der Waals surface area contributed by atoms with Crippen molar-refractivity contribution in [3.63, 3.8) is 0 Å². The zero-order valence-electron chi connectivity index (χ0n) is 11.7. The molecule has 2 N–H and O–H groups in total. The highest BCUT2D eigenvalue weighted by Crippen LogP contribution is 2.24. The van der Waals surface area contributed by atoms with Crippen molar-refractivity contribution in [3.05, 3.63) is 33.3 Å². The number of benzene rings is 1. The minimum Gasteiger partial charge on any atom is -0.378 e. The SMILES string of the molecule is NCCCOC1CCN(Cc2ccc(Br)c(Cl)c2)CC1. The largest absolute Gasteiger partial charge is 0.378 e. The summed E-state index contributed by atoms with van der Waals surface area (Å²) in [5, 5.41) is 0.780. The summed E-state index contributed by atoms with van der Waals surface area (Å²) < 4.78 is 6.78. The Morgan fingerprint density at radius 1 is 1.35 bits per heavy atom. The Kier molecular flexibility index (Phi) is 6.78. The van der Waals surface area contributed by atoms with Gasteiger partial charge in [-0.1, -0.05) is 17.7 Å². The van der Waals surface area contributed by atoms with Gasteiger partial charge in [-0.2, -0.15) is 0 Å². The summed E-state index contributed by atoms with van der Waals surface area (Å²) in [6.45, 7) is 4.64. The molecule has 1 fully saturated rings. The van der Waals surface area contributed by atoms with Crippen molar-refractivity contribution in [3.8, 4) is 0 Å². The third-order valence-corrected chi connectivity index (χ3v) is 4.86. The van der Waals surface area contributed by atoms with E-state index in [4.69, 9.17) is 22.1 Å². The van der Waals surface area contributed by atoms with Crippen LogP contribution in [0.15, 0.2) is 22.7 Å². The molecule has 5 heteroatoms. The Bertz CT molecular complexity index is 422. The maximum Gasteiger partial charge on any atom is 0.0599 e. The lowest BCUT2D eigenvalue weighted by Crippen LogP contribution is -2.36. The summed E-state index contributed by atoms with van der Waals surface area (Å²) >= 11 is 9.55. The first-order chi connectivity index (χ1) is 9.69. The zero-order chi connectivity index (χ0) is 14.4. The van der Waals surface area contributed by atoms with Gasteiger partial charge in [-0.15, -0.1) is 0 Å². The van der Waals surface area contributed by atoms with Gasteiger partial charge in [0.15, 0.2) is 0 Å². The standard InChI is InChI=1S/C15H22BrClN2O/c16-14-3-2-12(10-15(14)17)11-19-7-4-13(5-8-19)20-9-1-6-18/h2-3,10,13H,1,4-9,11,18H2. The van der Waals surface area contributed by atoms with E-state index in [1.165, 1.54) is 5.56 Å². The second-order valence-electron chi connectivity index (χ2n) is 5.24. The summed E-state index contributed by atoms with van der Waals surface area (Å²) in [6, 6.07) is 6.18. The average molecular weight is 362 g/mol. The Morgan fingerprint density at radius 3 is 2.75 bits per heavy atom. The molecule has 0 bridgehead atoms. The molecule has 0 atom stereocenters. The molecule has 0 amide bonds. The quantitative estimate of drug-likeness (QED) is 0.789. The van der Waals surface area contributed by atoms with E-state index in [9.17, 15) is 0 Å². The Hall–Kier alpha value is -0.130. The van der Waals surface area contributed by atoms with E-state index in [1.54, 1.807) is 0 Å². The fourth-order valence-corrected chi connectivity index (χ4v) is 2.91. The number of hydrogen-bond donors (Lipinski definition) is 1. The molecule has 2 rings (SSSR count). The zero-order valence-corrected chi connectivity index (χ0v) is 14.0. The number of nitrogens with two attached hydrogens (primary N) is 1. The van der Waals surface area contributed by atoms with Gasteiger partial charge >= 0.3 is 0 Å². The Balaban J connectivity index is 1.75. The normalized spacial score (nSPS) is 17.6. The highest BCUT2D eigenvalue weighted by molar-refractivity contribution is 9.10. The number of hydrogen-bond acceptors (Lipinski definition) is 3. The third-order valence-electron chi connectivity index (χ3n) is 3.63. The van der Waals surface area contributed by atoms with Crippen LogP contribution >= 0.6 is 27.5 Å². The topological polar surface area (TPSA) is 38.5 Å². The van der Waals surface area contributed by atoms with Crippen LogP contribution < -0.4 is 5.73 Å². The predicted molar refractivity (Wildman–Crippen MR) is 87.1 cm³/mol. The van der Waals surface area contributed by atoms with Gasteiger partial charge in [-0.3, -0.25) is 4.90 Å². The molecule has 112 valence electrons. The second kappa shape index (κ2) is 8.35. The fourth-order valence-electron chi connectivity index (χ4n) is 2.46. The molecule has 1 aliphatic heterocycles. The molecule has 1 aromatic carbocycles. The lowest BCUT2D eigenvalue weighted by Gasteiger charge is -2.32. The number of rotatable bonds is 6. The van der Waals surface area contributed by atoms with Gasteiger partial charge < -0.3 is 10.5 Å². The second-order valence-corrected chi connectivity index (χ2v) is 6.50. The summed E-state index contributed by atoms with van der Waals surface area (Å²) in [5.41, 5.74) is 6.74. The van der Waals surface area contributed by atoms with Crippen molar-refractivity contribution in [2.75, 3.05) is 26.2 Å². The van der Waals surface area contributed by atoms with Crippen molar-refractivity contribution < 1.29 is 4.74 Å². The number of likely N-dealkylation sites (tertiary alicyclic amines) is 1. The van der Waals surface area contributed by atoms with Gasteiger partial charge in [0.1, 0.15) is 0 Å². The molecule has 1 saturated heterocycles. The lowest BCUT2D eigenvalue weighted by atomic mass is 10.1. The van der Waals surface area contributed by atoms with Crippen LogP contribution in [-0.4, -0.2) is 37.2 Å². The molecule has 1 aliphatic rings. The van der Waals surface area contributed by atoms with Crippen molar-refractivity contribution >= 4 is 27.5 Å². The van der Waals surface area contributed by atoms with Gasteiger partial charge in [0.25, 0.3) is 0 Å². The van der Waals surface area contributed by atoms with Crippen molar-refractivity contribution in [1.82, 2.24) is 4.90 Å². The van der Waals surface area contributed by atoms with Crippen LogP contribution in [0, 0.1) is 0 Å². The maximum atomic E-state index is 6.13. The highest BCUT2D eigenvalue weighted by Gasteiger charge is 2.19. The Labute approximate surface area is 134 Å². The van der Waals surface area contributed by atoms with Gasteiger partial charge in [0.2, 0.25) is 0 Å². The number of nitrogens with zero attached hydrogens (tertiary/aromatic N) is 1. The van der Waals surface area contributed by atoms with Gasteiger partial charge in [0, 0.05) is 30.7 Å². The first-order valence-corrected chi connectivity index (χ1v) is 8.34.